The van der Waals surface area contributed by atoms with Crippen LogP contribution in [-0.4, -0.2) is 23.5 Å². The Morgan fingerprint density at radius 3 is 2.37 bits per heavy atom. The maximum Gasteiger partial charge on any atom is 0.338 e. The summed E-state index contributed by atoms with van der Waals surface area (Å²) >= 11 is 0. The summed E-state index contributed by atoms with van der Waals surface area (Å²) in [4.78, 5) is 24.8. The van der Waals surface area contributed by atoms with Gasteiger partial charge in [0.1, 0.15) is 5.60 Å². The largest absolute Gasteiger partial charge is 0.456 e. The monoisotopic (exact) mass is 364 g/mol. The van der Waals surface area contributed by atoms with Gasteiger partial charge in [0, 0.05) is 11.3 Å². The molecule has 0 fully saturated rings. The van der Waals surface area contributed by atoms with E-state index in [1.54, 1.807) is 69.3 Å². The fraction of sp³-hybridized carbons (Fsp3) is 0.273. The number of anilines is 1. The van der Waals surface area contributed by atoms with Crippen LogP contribution >= 0.6 is 0 Å². The summed E-state index contributed by atoms with van der Waals surface area (Å²) in [6.45, 7) is 5.41. The highest BCUT2D eigenvalue weighted by molar-refractivity contribution is 5.96. The van der Waals surface area contributed by atoms with Crippen LogP contribution in [0.1, 0.15) is 42.3 Å². The van der Waals surface area contributed by atoms with Crippen molar-refractivity contribution >= 4 is 17.6 Å². The SMILES string of the molecule is C#Cc1ccc(NC(=O)[C@@H](N)Cc2ccccc2C(=O)OC(C)(C)C)cc1. The Morgan fingerprint density at radius 1 is 1.15 bits per heavy atom. The number of nitrogens with two attached hydrogens (primary N) is 1. The van der Waals surface area contributed by atoms with Crippen molar-refractivity contribution in [2.75, 3.05) is 5.32 Å². The molecule has 0 heterocycles. The van der Waals surface area contributed by atoms with E-state index in [1.807, 2.05) is 0 Å². The number of rotatable bonds is 5. The van der Waals surface area contributed by atoms with Gasteiger partial charge in [-0.3, -0.25) is 4.79 Å². The number of ether oxygens (including phenoxy) is 1. The molecule has 2 rings (SSSR count). The van der Waals surface area contributed by atoms with Crippen LogP contribution in [0.15, 0.2) is 48.5 Å². The summed E-state index contributed by atoms with van der Waals surface area (Å²) < 4.78 is 5.43. The molecule has 0 aromatic heterocycles. The van der Waals surface area contributed by atoms with Crippen LogP contribution in [-0.2, 0) is 16.0 Å². The second-order valence-corrected chi connectivity index (χ2v) is 7.18. The molecule has 2 aromatic carbocycles. The molecule has 0 unspecified atom stereocenters. The molecule has 5 heteroatoms. The smallest absolute Gasteiger partial charge is 0.338 e. The van der Waals surface area contributed by atoms with E-state index < -0.39 is 17.6 Å². The number of carbonyl (C=O) groups is 2. The predicted molar refractivity (Wildman–Crippen MR) is 106 cm³/mol. The Hall–Kier alpha value is -3.10. The highest BCUT2D eigenvalue weighted by atomic mass is 16.6. The van der Waals surface area contributed by atoms with Gasteiger partial charge in [0.15, 0.2) is 0 Å². The van der Waals surface area contributed by atoms with E-state index in [0.29, 0.717) is 16.8 Å². The third-order valence-electron chi connectivity index (χ3n) is 3.73. The van der Waals surface area contributed by atoms with Gasteiger partial charge in [0.2, 0.25) is 5.91 Å². The molecule has 0 saturated heterocycles. The first-order valence-corrected chi connectivity index (χ1v) is 8.64. The first kappa shape index (κ1) is 20.2. The van der Waals surface area contributed by atoms with Crippen LogP contribution < -0.4 is 11.1 Å². The Morgan fingerprint density at radius 2 is 1.78 bits per heavy atom. The zero-order valence-corrected chi connectivity index (χ0v) is 15.8. The van der Waals surface area contributed by atoms with Crippen LogP contribution in [0.4, 0.5) is 5.69 Å². The molecule has 2 aromatic rings. The van der Waals surface area contributed by atoms with Crippen molar-refractivity contribution in [3.63, 3.8) is 0 Å². The topological polar surface area (TPSA) is 81.4 Å². The lowest BCUT2D eigenvalue weighted by atomic mass is 10.00. The van der Waals surface area contributed by atoms with E-state index in [4.69, 9.17) is 16.9 Å². The lowest BCUT2D eigenvalue weighted by molar-refractivity contribution is -0.117. The van der Waals surface area contributed by atoms with E-state index in [0.717, 1.165) is 5.56 Å². The molecular formula is C22H24N2O3. The summed E-state index contributed by atoms with van der Waals surface area (Å²) in [6.07, 6.45) is 5.53. The number of hydrogen-bond donors (Lipinski definition) is 2. The van der Waals surface area contributed by atoms with Gasteiger partial charge in [0.05, 0.1) is 11.6 Å². The first-order valence-electron chi connectivity index (χ1n) is 8.64. The van der Waals surface area contributed by atoms with Crippen molar-refractivity contribution in [2.45, 2.75) is 38.8 Å². The molecule has 0 aliphatic carbocycles. The lowest BCUT2D eigenvalue weighted by Crippen LogP contribution is -2.38. The average Bonchev–Trinajstić information content (AvgIpc) is 2.61. The molecule has 0 spiro atoms. The van der Waals surface area contributed by atoms with Crippen molar-refractivity contribution in [2.24, 2.45) is 5.73 Å². The highest BCUT2D eigenvalue weighted by Crippen LogP contribution is 2.17. The van der Waals surface area contributed by atoms with Crippen molar-refractivity contribution < 1.29 is 14.3 Å². The van der Waals surface area contributed by atoms with E-state index in [2.05, 4.69) is 11.2 Å². The van der Waals surface area contributed by atoms with Gasteiger partial charge in [-0.1, -0.05) is 24.1 Å². The Labute approximate surface area is 159 Å². The van der Waals surface area contributed by atoms with Crippen molar-refractivity contribution in [3.05, 3.63) is 65.2 Å². The van der Waals surface area contributed by atoms with E-state index in [-0.39, 0.29) is 12.3 Å². The number of nitrogens with one attached hydrogen (secondary N) is 1. The van der Waals surface area contributed by atoms with E-state index in [1.165, 1.54) is 0 Å². The lowest BCUT2D eigenvalue weighted by Gasteiger charge is -2.21. The molecule has 0 radical (unpaired) electrons. The zero-order valence-electron chi connectivity index (χ0n) is 15.8. The fourth-order valence-corrected chi connectivity index (χ4v) is 2.44. The third-order valence-corrected chi connectivity index (χ3v) is 3.73. The molecule has 1 atom stereocenters. The van der Waals surface area contributed by atoms with Crippen molar-refractivity contribution in [1.82, 2.24) is 0 Å². The second-order valence-electron chi connectivity index (χ2n) is 7.18. The van der Waals surface area contributed by atoms with Crippen molar-refractivity contribution in [3.8, 4) is 12.3 Å². The quantitative estimate of drug-likeness (QED) is 0.631. The molecule has 0 aliphatic heterocycles. The highest BCUT2D eigenvalue weighted by Gasteiger charge is 2.22. The van der Waals surface area contributed by atoms with Crippen LogP contribution in [0.2, 0.25) is 0 Å². The summed E-state index contributed by atoms with van der Waals surface area (Å²) in [6, 6.07) is 13.1. The minimum absolute atomic E-state index is 0.212. The fourth-order valence-electron chi connectivity index (χ4n) is 2.44. The number of amides is 1. The normalized spacial score (nSPS) is 12.0. The molecule has 0 bridgehead atoms. The average molecular weight is 364 g/mol. The van der Waals surface area contributed by atoms with Gasteiger partial charge in [-0.15, -0.1) is 6.42 Å². The van der Waals surface area contributed by atoms with Crippen LogP contribution in [0, 0.1) is 12.3 Å². The maximum absolute atomic E-state index is 12.4. The molecule has 5 nitrogen and oxygen atoms in total. The zero-order chi connectivity index (χ0) is 20.0. The van der Waals surface area contributed by atoms with Gasteiger partial charge in [-0.25, -0.2) is 4.79 Å². The van der Waals surface area contributed by atoms with E-state index in [9.17, 15) is 9.59 Å². The van der Waals surface area contributed by atoms with Crippen LogP contribution in [0.3, 0.4) is 0 Å². The number of hydrogen-bond acceptors (Lipinski definition) is 4. The molecule has 27 heavy (non-hydrogen) atoms. The van der Waals surface area contributed by atoms with Crippen LogP contribution in [0.5, 0.6) is 0 Å². The Bertz CT molecular complexity index is 858. The molecular weight excluding hydrogens is 340 g/mol. The standard InChI is InChI=1S/C22H24N2O3/c1-5-15-10-12-17(13-11-15)24-20(25)19(23)14-16-8-6-7-9-18(16)21(26)27-22(2,3)4/h1,6-13,19H,14,23H2,2-4H3,(H,24,25)/t19-/m0/s1. The number of carbonyl (C=O) groups excluding carboxylic acids is 2. The van der Waals surface area contributed by atoms with Gasteiger partial charge in [0.25, 0.3) is 0 Å². The van der Waals surface area contributed by atoms with Gasteiger partial charge in [-0.05, 0) is 63.1 Å². The maximum atomic E-state index is 12.4. The summed E-state index contributed by atoms with van der Waals surface area (Å²) in [5.74, 6) is 1.73. The van der Waals surface area contributed by atoms with Crippen LogP contribution in [0.25, 0.3) is 0 Å². The minimum atomic E-state index is -0.819. The van der Waals surface area contributed by atoms with Crippen molar-refractivity contribution in [1.29, 1.82) is 0 Å². The third kappa shape index (κ3) is 5.98. The molecule has 140 valence electrons. The summed E-state index contributed by atoms with van der Waals surface area (Å²) in [5, 5.41) is 2.75. The van der Waals surface area contributed by atoms with E-state index >= 15 is 0 Å². The summed E-state index contributed by atoms with van der Waals surface area (Å²) in [5.41, 5.74) is 7.86. The second kappa shape index (κ2) is 8.52. The Balaban J connectivity index is 2.08. The first-order chi connectivity index (χ1) is 12.7. The molecule has 0 saturated carbocycles. The minimum Gasteiger partial charge on any atom is -0.456 e. The van der Waals surface area contributed by atoms with Gasteiger partial charge in [-0.2, -0.15) is 0 Å². The molecule has 1 amide bonds. The van der Waals surface area contributed by atoms with Gasteiger partial charge < -0.3 is 15.8 Å². The van der Waals surface area contributed by atoms with Gasteiger partial charge >= 0.3 is 5.97 Å². The molecule has 3 N–H and O–H groups in total. The Kier molecular flexibility index (Phi) is 6.38. The predicted octanol–water partition coefficient (Wildman–Crippen LogP) is 3.13. The number of terminal acetylenes is 1. The summed E-state index contributed by atoms with van der Waals surface area (Å²) in [7, 11) is 0. The number of esters is 1. The number of benzene rings is 2. The molecule has 0 aliphatic rings.